The first-order valence-corrected chi connectivity index (χ1v) is 14.7. The lowest BCUT2D eigenvalue weighted by molar-refractivity contribution is 0.408. The molecule has 0 radical (unpaired) electrons. The van der Waals surface area contributed by atoms with Crippen LogP contribution in [0.5, 0.6) is 11.8 Å². The van der Waals surface area contributed by atoms with Crippen LogP contribution >= 0.6 is 11.3 Å². The zero-order valence-corrected chi connectivity index (χ0v) is 21.8. The molecule has 4 aromatic rings. The van der Waals surface area contributed by atoms with Gasteiger partial charge in [-0.2, -0.15) is 0 Å². The van der Waals surface area contributed by atoms with Gasteiger partial charge in [-0.1, -0.05) is 35.9 Å². The Hall–Kier alpha value is -2.99. The first-order valence-electron chi connectivity index (χ1n) is 10.8. The van der Waals surface area contributed by atoms with Crippen LogP contribution in [0.2, 0.25) is 0 Å². The quantitative estimate of drug-likeness (QED) is 0.328. The highest BCUT2D eigenvalue weighted by Crippen LogP contribution is 2.30. The molecule has 0 spiro atoms. The molecule has 0 aliphatic heterocycles. The molecule has 1 unspecified atom stereocenters. The highest BCUT2D eigenvalue weighted by atomic mass is 32.2. The Bertz CT molecular complexity index is 1520. The number of rotatable bonds is 9. The van der Waals surface area contributed by atoms with Crippen LogP contribution in [0.3, 0.4) is 0 Å². The van der Waals surface area contributed by atoms with Crippen LogP contribution in [0.25, 0.3) is 0 Å². The van der Waals surface area contributed by atoms with Gasteiger partial charge in [-0.15, -0.1) is 11.3 Å². The highest BCUT2D eigenvalue weighted by Gasteiger charge is 2.27. The number of imidazole rings is 1. The fraction of sp³-hybridized carbons (Fsp3) is 0.208. The standard InChI is InChI=1S/C24H25N3O5S3/c1-4-27-22(15-25-24(27)32-19-12-10-17(2)11-13-19)18(3)26-35(30,31)23-14-21(16-33-23)34(28,29)20-8-6-5-7-9-20/h5-16,18,26H,4H2,1-3H3. The second-order valence-corrected chi connectivity index (χ2v) is 12.7. The van der Waals surface area contributed by atoms with E-state index in [1.54, 1.807) is 35.9 Å². The first-order chi connectivity index (χ1) is 16.6. The van der Waals surface area contributed by atoms with Crippen LogP contribution in [-0.2, 0) is 26.4 Å². The van der Waals surface area contributed by atoms with Crippen LogP contribution in [-0.4, -0.2) is 26.4 Å². The molecule has 2 aromatic carbocycles. The molecular formula is C24H25N3O5S3. The molecule has 0 amide bonds. The number of thiophene rings is 1. The van der Waals surface area contributed by atoms with Gasteiger partial charge in [0.1, 0.15) is 9.96 Å². The van der Waals surface area contributed by atoms with Crippen LogP contribution < -0.4 is 9.46 Å². The molecule has 11 heteroatoms. The molecule has 2 aromatic heterocycles. The normalized spacial score (nSPS) is 13.0. The smallest absolute Gasteiger partial charge is 0.302 e. The molecule has 184 valence electrons. The zero-order chi connectivity index (χ0) is 25.2. The van der Waals surface area contributed by atoms with Crippen molar-refractivity contribution < 1.29 is 21.6 Å². The highest BCUT2D eigenvalue weighted by molar-refractivity contribution is 7.93. The van der Waals surface area contributed by atoms with E-state index >= 15 is 0 Å². The fourth-order valence-corrected chi connectivity index (χ4v) is 7.63. The van der Waals surface area contributed by atoms with Crippen molar-refractivity contribution in [3.05, 3.63) is 83.5 Å². The lowest BCUT2D eigenvalue weighted by Crippen LogP contribution is -2.27. The second-order valence-electron chi connectivity index (χ2n) is 7.89. The van der Waals surface area contributed by atoms with Gasteiger partial charge in [0.15, 0.2) is 0 Å². The summed E-state index contributed by atoms with van der Waals surface area (Å²) in [4.78, 5) is 4.37. The third-order valence-electron chi connectivity index (χ3n) is 5.35. The Morgan fingerprint density at radius 2 is 1.71 bits per heavy atom. The van der Waals surface area contributed by atoms with Crippen molar-refractivity contribution in [2.75, 3.05) is 0 Å². The number of ether oxygens (including phenoxy) is 1. The number of hydrogen-bond donors (Lipinski definition) is 1. The summed E-state index contributed by atoms with van der Waals surface area (Å²) in [5, 5.41) is 1.34. The topological polar surface area (TPSA) is 107 Å². The molecular weight excluding hydrogens is 506 g/mol. The van der Waals surface area contributed by atoms with E-state index in [4.69, 9.17) is 4.74 Å². The monoisotopic (exact) mass is 531 g/mol. The first kappa shape index (κ1) is 25.1. The minimum absolute atomic E-state index is 0.0610. The minimum Gasteiger partial charge on any atom is -0.426 e. The number of nitrogens with one attached hydrogen (secondary N) is 1. The largest absolute Gasteiger partial charge is 0.426 e. The summed E-state index contributed by atoms with van der Waals surface area (Å²) in [6.07, 6.45) is 1.57. The van der Waals surface area contributed by atoms with Gasteiger partial charge >= 0.3 is 6.01 Å². The SMILES string of the molecule is CCn1c(C(C)NS(=O)(=O)c2cc(S(=O)(=O)c3ccccc3)cs2)cnc1Oc1ccc(C)cc1. The van der Waals surface area contributed by atoms with Crippen molar-refractivity contribution >= 4 is 31.2 Å². The number of aryl methyl sites for hydroxylation is 1. The number of nitrogens with zero attached hydrogens (tertiary/aromatic N) is 2. The second kappa shape index (κ2) is 9.94. The maximum atomic E-state index is 13.1. The number of sulfonamides is 1. The van der Waals surface area contributed by atoms with Crippen molar-refractivity contribution in [1.82, 2.24) is 14.3 Å². The van der Waals surface area contributed by atoms with E-state index in [9.17, 15) is 16.8 Å². The van der Waals surface area contributed by atoms with Crippen LogP contribution in [0.4, 0.5) is 0 Å². The molecule has 0 aliphatic rings. The maximum absolute atomic E-state index is 13.1. The molecule has 0 aliphatic carbocycles. The van der Waals surface area contributed by atoms with Crippen molar-refractivity contribution in [3.8, 4) is 11.8 Å². The van der Waals surface area contributed by atoms with Crippen molar-refractivity contribution in [2.45, 2.75) is 47.4 Å². The third-order valence-corrected chi connectivity index (χ3v) is 10.2. The minimum atomic E-state index is -3.99. The number of sulfone groups is 1. The number of hydrogen-bond acceptors (Lipinski definition) is 7. The van der Waals surface area contributed by atoms with Gasteiger partial charge in [0.2, 0.25) is 9.84 Å². The predicted octanol–water partition coefficient (Wildman–Crippen LogP) is 4.94. The molecule has 4 rings (SSSR count). The van der Waals surface area contributed by atoms with Crippen molar-refractivity contribution in [1.29, 1.82) is 0 Å². The average Bonchev–Trinajstić information content (AvgIpc) is 3.49. The van der Waals surface area contributed by atoms with Crippen LogP contribution in [0.1, 0.15) is 31.1 Å². The molecule has 35 heavy (non-hydrogen) atoms. The Balaban J connectivity index is 1.55. The Morgan fingerprint density at radius 1 is 1.03 bits per heavy atom. The summed E-state index contributed by atoms with van der Waals surface area (Å²) in [5.74, 6) is 0.626. The fourth-order valence-electron chi connectivity index (χ4n) is 3.50. The summed E-state index contributed by atoms with van der Waals surface area (Å²) >= 11 is 0.857. The average molecular weight is 532 g/mol. The molecule has 1 N–H and O–H groups in total. The van der Waals surface area contributed by atoms with Crippen molar-refractivity contribution in [2.24, 2.45) is 0 Å². The Kier molecular flexibility index (Phi) is 7.13. The Labute approximate surface area is 209 Å². The molecule has 8 nitrogen and oxygen atoms in total. The molecule has 0 bridgehead atoms. The summed E-state index contributed by atoms with van der Waals surface area (Å²) in [6.45, 7) is 6.11. The lowest BCUT2D eigenvalue weighted by Gasteiger charge is -2.16. The van der Waals surface area contributed by atoms with Crippen LogP contribution in [0, 0.1) is 6.92 Å². The molecule has 0 fully saturated rings. The number of aromatic nitrogens is 2. The van der Waals surface area contributed by atoms with E-state index in [-0.39, 0.29) is 14.0 Å². The molecule has 1 atom stereocenters. The van der Waals surface area contributed by atoms with Gasteiger partial charge in [0.25, 0.3) is 10.0 Å². The summed E-state index contributed by atoms with van der Waals surface area (Å²) in [7, 11) is -7.80. The van der Waals surface area contributed by atoms with Gasteiger partial charge in [0, 0.05) is 11.9 Å². The zero-order valence-electron chi connectivity index (χ0n) is 19.4. The third kappa shape index (κ3) is 5.32. The molecule has 0 saturated heterocycles. The van der Waals surface area contributed by atoms with Crippen LogP contribution in [0.15, 0.2) is 86.2 Å². The maximum Gasteiger partial charge on any atom is 0.302 e. The lowest BCUT2D eigenvalue weighted by atomic mass is 10.2. The predicted molar refractivity (Wildman–Crippen MR) is 134 cm³/mol. The van der Waals surface area contributed by atoms with Gasteiger partial charge < -0.3 is 4.74 Å². The summed E-state index contributed by atoms with van der Waals surface area (Å²) in [6, 6.07) is 16.3. The van der Waals surface area contributed by atoms with Gasteiger partial charge in [-0.05, 0) is 51.1 Å². The van der Waals surface area contributed by atoms with E-state index in [1.807, 2.05) is 38.1 Å². The summed E-state index contributed by atoms with van der Waals surface area (Å²) < 4.78 is 62.0. The number of benzene rings is 2. The Morgan fingerprint density at radius 3 is 2.37 bits per heavy atom. The molecule has 0 saturated carbocycles. The summed E-state index contributed by atoms with van der Waals surface area (Å²) in [5.41, 5.74) is 1.72. The van der Waals surface area contributed by atoms with E-state index in [0.29, 0.717) is 24.0 Å². The van der Waals surface area contributed by atoms with E-state index in [1.165, 1.54) is 23.6 Å². The van der Waals surface area contributed by atoms with Gasteiger partial charge in [-0.3, -0.25) is 4.57 Å². The van der Waals surface area contributed by atoms with Gasteiger partial charge in [-0.25, -0.2) is 26.5 Å². The van der Waals surface area contributed by atoms with E-state index < -0.39 is 25.9 Å². The van der Waals surface area contributed by atoms with Gasteiger partial charge in [0.05, 0.1) is 27.7 Å². The van der Waals surface area contributed by atoms with Crippen molar-refractivity contribution in [3.63, 3.8) is 0 Å². The molecule has 2 heterocycles. The van der Waals surface area contributed by atoms with E-state index in [2.05, 4.69) is 9.71 Å². The van der Waals surface area contributed by atoms with E-state index in [0.717, 1.165) is 16.9 Å².